The number of nitrogens with zero attached hydrogens (tertiary/aromatic N) is 2. The number of rotatable bonds is 0. The minimum atomic E-state index is 0.949. The molecule has 0 saturated heterocycles. The second-order valence-corrected chi connectivity index (χ2v) is 7.34. The van der Waals surface area contributed by atoms with Gasteiger partial charge in [-0.25, -0.2) is 0 Å². The van der Waals surface area contributed by atoms with Crippen LogP contribution >= 0.6 is 0 Å². The fourth-order valence-electron chi connectivity index (χ4n) is 4.25. The van der Waals surface area contributed by atoms with Crippen molar-refractivity contribution >= 4 is 32.6 Å². The van der Waals surface area contributed by atoms with Gasteiger partial charge in [0, 0.05) is 12.4 Å². The molecule has 1 aliphatic carbocycles. The van der Waals surface area contributed by atoms with Crippen LogP contribution in [-0.4, -0.2) is 9.97 Å². The first-order chi connectivity index (χ1) is 13.9. The topological polar surface area (TPSA) is 25.8 Å². The molecule has 0 unspecified atom stereocenters. The molecule has 2 heteroatoms. The van der Waals surface area contributed by atoms with Gasteiger partial charge in [-0.3, -0.25) is 9.97 Å². The quantitative estimate of drug-likeness (QED) is 0.294. The molecule has 0 fully saturated rings. The number of aromatic nitrogens is 2. The lowest BCUT2D eigenvalue weighted by Gasteiger charge is -2.18. The maximum absolute atomic E-state index is 4.12. The Labute approximate surface area is 164 Å². The minimum absolute atomic E-state index is 0.949. The first-order valence-corrected chi connectivity index (χ1v) is 9.98. The molecule has 0 spiro atoms. The molecule has 2 aromatic heterocycles. The maximum Gasteiger partial charge on any atom is 0.0886 e. The van der Waals surface area contributed by atoms with Crippen molar-refractivity contribution in [1.82, 2.24) is 9.97 Å². The normalized spacial score (nSPS) is 13.1. The highest BCUT2D eigenvalue weighted by atomic mass is 14.7. The Morgan fingerprint density at radius 2 is 1.25 bits per heavy atom. The van der Waals surface area contributed by atoms with Crippen LogP contribution in [0.3, 0.4) is 0 Å². The molecule has 0 N–H and O–H groups in total. The van der Waals surface area contributed by atoms with E-state index in [4.69, 9.17) is 0 Å². The van der Waals surface area contributed by atoms with Crippen LogP contribution in [0.25, 0.3) is 32.6 Å². The van der Waals surface area contributed by atoms with Crippen LogP contribution in [0.15, 0.2) is 85.2 Å². The standard InChI is InChI=1S/C18H16.C8H6N2/c1-3-7-15-13(5-1)9-11-18-16-8-4-2-6-14(16)10-12-17(15)18;1-3-7-8(9-5-1)4-2-6-10-7/h1,3,5,7,9-12H,2,4,6,8H2;1-6H. The van der Waals surface area contributed by atoms with Crippen LogP contribution in [0, 0.1) is 0 Å². The number of aryl methyl sites for hydroxylation is 2. The number of pyridine rings is 2. The molecule has 0 radical (unpaired) electrons. The van der Waals surface area contributed by atoms with Gasteiger partial charge in [-0.2, -0.15) is 0 Å². The largest absolute Gasteiger partial charge is 0.255 e. The van der Waals surface area contributed by atoms with Crippen molar-refractivity contribution in [1.29, 1.82) is 0 Å². The van der Waals surface area contributed by atoms with Crippen molar-refractivity contribution in [3.8, 4) is 0 Å². The number of benzene rings is 3. The molecule has 5 aromatic rings. The zero-order valence-electron chi connectivity index (χ0n) is 15.8. The molecule has 0 amide bonds. The summed E-state index contributed by atoms with van der Waals surface area (Å²) in [6.07, 6.45) is 8.75. The van der Waals surface area contributed by atoms with E-state index in [1.165, 1.54) is 47.2 Å². The highest BCUT2D eigenvalue weighted by molar-refractivity contribution is 6.08. The van der Waals surface area contributed by atoms with E-state index >= 15 is 0 Å². The van der Waals surface area contributed by atoms with Gasteiger partial charge in [0.15, 0.2) is 0 Å². The van der Waals surface area contributed by atoms with Crippen molar-refractivity contribution in [2.45, 2.75) is 25.7 Å². The van der Waals surface area contributed by atoms with Gasteiger partial charge in [0.25, 0.3) is 0 Å². The fraction of sp³-hybridized carbons (Fsp3) is 0.154. The van der Waals surface area contributed by atoms with E-state index in [0.717, 1.165) is 11.0 Å². The first-order valence-electron chi connectivity index (χ1n) is 9.98. The van der Waals surface area contributed by atoms with Gasteiger partial charge < -0.3 is 0 Å². The van der Waals surface area contributed by atoms with Gasteiger partial charge in [-0.05, 0) is 82.6 Å². The van der Waals surface area contributed by atoms with Crippen LogP contribution < -0.4 is 0 Å². The SMILES string of the molecule is c1ccc2c(c1)ccc1c3c(ccc12)CCCC3.c1cnc2cccnc2c1. The van der Waals surface area contributed by atoms with Crippen LogP contribution in [0.2, 0.25) is 0 Å². The van der Waals surface area contributed by atoms with Crippen molar-refractivity contribution < 1.29 is 0 Å². The Morgan fingerprint density at radius 3 is 2.07 bits per heavy atom. The molecular formula is C26H22N2. The molecular weight excluding hydrogens is 340 g/mol. The summed E-state index contributed by atoms with van der Waals surface area (Å²) in [5, 5.41) is 5.64. The Morgan fingerprint density at radius 1 is 0.536 bits per heavy atom. The van der Waals surface area contributed by atoms with Crippen molar-refractivity contribution in [3.63, 3.8) is 0 Å². The molecule has 2 nitrogen and oxygen atoms in total. The monoisotopic (exact) mass is 362 g/mol. The highest BCUT2D eigenvalue weighted by Gasteiger charge is 2.13. The van der Waals surface area contributed by atoms with Gasteiger partial charge in [-0.15, -0.1) is 0 Å². The third kappa shape index (κ3) is 3.11. The second kappa shape index (κ2) is 7.40. The number of fused-ring (bicyclic) bond motifs is 6. The number of hydrogen-bond donors (Lipinski definition) is 0. The molecule has 1 aliphatic rings. The van der Waals surface area contributed by atoms with Gasteiger partial charge in [0.1, 0.15) is 0 Å². The lowest BCUT2D eigenvalue weighted by Crippen LogP contribution is -2.02. The molecule has 0 bridgehead atoms. The third-order valence-electron chi connectivity index (χ3n) is 5.63. The molecule has 6 rings (SSSR count). The van der Waals surface area contributed by atoms with Gasteiger partial charge >= 0.3 is 0 Å². The molecule has 136 valence electrons. The van der Waals surface area contributed by atoms with E-state index in [9.17, 15) is 0 Å². The zero-order valence-corrected chi connectivity index (χ0v) is 15.8. The third-order valence-corrected chi connectivity index (χ3v) is 5.63. The van der Waals surface area contributed by atoms with Crippen molar-refractivity contribution in [2.24, 2.45) is 0 Å². The van der Waals surface area contributed by atoms with E-state index in [-0.39, 0.29) is 0 Å². The number of hydrogen-bond acceptors (Lipinski definition) is 2. The lowest BCUT2D eigenvalue weighted by atomic mass is 9.86. The summed E-state index contributed by atoms with van der Waals surface area (Å²) >= 11 is 0. The molecule has 3 aromatic carbocycles. The van der Waals surface area contributed by atoms with E-state index in [1.54, 1.807) is 23.5 Å². The average Bonchev–Trinajstić information content (AvgIpc) is 2.79. The minimum Gasteiger partial charge on any atom is -0.255 e. The molecule has 0 atom stereocenters. The summed E-state index contributed by atoms with van der Waals surface area (Å²) < 4.78 is 0. The van der Waals surface area contributed by atoms with Crippen LogP contribution in [0.4, 0.5) is 0 Å². The lowest BCUT2D eigenvalue weighted by molar-refractivity contribution is 0.690. The maximum atomic E-state index is 4.12. The smallest absolute Gasteiger partial charge is 0.0886 e. The second-order valence-electron chi connectivity index (χ2n) is 7.34. The van der Waals surface area contributed by atoms with E-state index in [0.29, 0.717) is 0 Å². The predicted octanol–water partition coefficient (Wildman–Crippen LogP) is 6.50. The summed E-state index contributed by atoms with van der Waals surface area (Å²) in [5.41, 5.74) is 5.07. The zero-order chi connectivity index (χ0) is 18.8. The summed E-state index contributed by atoms with van der Waals surface area (Å²) in [7, 11) is 0. The highest BCUT2D eigenvalue weighted by Crippen LogP contribution is 2.33. The molecule has 0 aliphatic heterocycles. The van der Waals surface area contributed by atoms with Crippen LogP contribution in [0.5, 0.6) is 0 Å². The molecule has 28 heavy (non-hydrogen) atoms. The Bertz CT molecular complexity index is 1210. The van der Waals surface area contributed by atoms with Gasteiger partial charge in [0.2, 0.25) is 0 Å². The summed E-state index contributed by atoms with van der Waals surface area (Å²) in [5.74, 6) is 0. The van der Waals surface area contributed by atoms with E-state index in [1.807, 2.05) is 24.3 Å². The van der Waals surface area contributed by atoms with Crippen LogP contribution in [0.1, 0.15) is 24.0 Å². The van der Waals surface area contributed by atoms with E-state index in [2.05, 4.69) is 58.5 Å². The first kappa shape index (κ1) is 16.9. The molecule has 0 saturated carbocycles. The Hall–Kier alpha value is -3.26. The van der Waals surface area contributed by atoms with E-state index < -0.39 is 0 Å². The van der Waals surface area contributed by atoms with Crippen LogP contribution in [-0.2, 0) is 12.8 Å². The Kier molecular flexibility index (Phi) is 4.46. The van der Waals surface area contributed by atoms with Crippen molar-refractivity contribution in [2.75, 3.05) is 0 Å². The predicted molar refractivity (Wildman–Crippen MR) is 118 cm³/mol. The summed E-state index contributed by atoms with van der Waals surface area (Å²) in [6, 6.07) is 25.6. The van der Waals surface area contributed by atoms with Gasteiger partial charge in [0.05, 0.1) is 11.0 Å². The summed E-state index contributed by atoms with van der Waals surface area (Å²) in [4.78, 5) is 8.24. The van der Waals surface area contributed by atoms with Crippen molar-refractivity contribution in [3.05, 3.63) is 96.3 Å². The summed E-state index contributed by atoms with van der Waals surface area (Å²) in [6.45, 7) is 0. The van der Waals surface area contributed by atoms with Gasteiger partial charge in [-0.1, -0.05) is 48.5 Å². The fourth-order valence-corrected chi connectivity index (χ4v) is 4.25. The molecule has 2 heterocycles. The average molecular weight is 362 g/mol. The Balaban J connectivity index is 0.000000145.